The largest absolute Gasteiger partial charge is 0.467 e. The van der Waals surface area contributed by atoms with Gasteiger partial charge in [-0.25, -0.2) is 13.6 Å². The number of rotatable bonds is 5. The van der Waals surface area contributed by atoms with E-state index in [-0.39, 0.29) is 30.1 Å². The normalized spacial score (nSPS) is 10.1. The third kappa shape index (κ3) is 4.46. The quantitative estimate of drug-likeness (QED) is 0.864. The zero-order valence-corrected chi connectivity index (χ0v) is 12.3. The van der Waals surface area contributed by atoms with Crippen LogP contribution >= 0.6 is 0 Å². The predicted octanol–water partition coefficient (Wildman–Crippen LogP) is 1.49. The maximum Gasteiger partial charge on any atom is 0.322 e. The van der Waals surface area contributed by atoms with Crippen molar-refractivity contribution in [3.63, 3.8) is 0 Å². The molecule has 8 nitrogen and oxygen atoms in total. The number of urea groups is 1. The summed E-state index contributed by atoms with van der Waals surface area (Å²) in [7, 11) is 2.75. The highest BCUT2D eigenvalue weighted by atomic mass is 19.2. The summed E-state index contributed by atoms with van der Waals surface area (Å²) in [5.74, 6) is -1.86. The number of benzene rings is 1. The smallest absolute Gasteiger partial charge is 0.322 e. The van der Waals surface area contributed by atoms with Crippen LogP contribution in [0.3, 0.4) is 0 Å². The summed E-state index contributed by atoms with van der Waals surface area (Å²) in [5.41, 5.74) is 0.104. The minimum absolute atomic E-state index is 0.0367. The van der Waals surface area contributed by atoms with Crippen LogP contribution in [0.5, 0.6) is 12.0 Å². The summed E-state index contributed by atoms with van der Waals surface area (Å²) in [6.45, 7) is -0.0508. The summed E-state index contributed by atoms with van der Waals surface area (Å²) in [5, 5.41) is 4.80. The van der Waals surface area contributed by atoms with Crippen molar-refractivity contribution in [2.24, 2.45) is 0 Å². The molecule has 2 rings (SSSR count). The van der Waals surface area contributed by atoms with Crippen molar-refractivity contribution in [3.05, 3.63) is 35.7 Å². The van der Waals surface area contributed by atoms with Gasteiger partial charge in [0.15, 0.2) is 17.5 Å². The first-order valence-electron chi connectivity index (χ1n) is 6.34. The van der Waals surface area contributed by atoms with Gasteiger partial charge in [0.1, 0.15) is 0 Å². The van der Waals surface area contributed by atoms with Crippen LogP contribution in [0.2, 0.25) is 0 Å². The molecule has 0 radical (unpaired) electrons. The van der Waals surface area contributed by atoms with Crippen LogP contribution in [0, 0.1) is 11.6 Å². The van der Waals surface area contributed by atoms with E-state index in [0.29, 0.717) is 0 Å². The van der Waals surface area contributed by atoms with Gasteiger partial charge in [0, 0.05) is 11.8 Å². The SMILES string of the molecule is COc1nc(CNC(=O)Nc2ccc(F)c(F)c2)nc(OC)n1. The van der Waals surface area contributed by atoms with E-state index in [0.717, 1.165) is 12.1 Å². The number of nitrogens with zero attached hydrogens (tertiary/aromatic N) is 3. The van der Waals surface area contributed by atoms with E-state index in [1.54, 1.807) is 0 Å². The average molecular weight is 325 g/mol. The van der Waals surface area contributed by atoms with Crippen molar-refractivity contribution in [2.45, 2.75) is 6.54 Å². The number of methoxy groups -OCH3 is 2. The number of hydrogen-bond acceptors (Lipinski definition) is 6. The van der Waals surface area contributed by atoms with E-state index in [9.17, 15) is 13.6 Å². The minimum atomic E-state index is -1.06. The van der Waals surface area contributed by atoms with Crippen LogP contribution in [-0.2, 0) is 6.54 Å². The molecule has 2 amide bonds. The Morgan fingerprint density at radius 3 is 2.30 bits per heavy atom. The molecule has 2 aromatic rings. The van der Waals surface area contributed by atoms with E-state index < -0.39 is 17.7 Å². The first kappa shape index (κ1) is 16.3. The molecule has 2 N–H and O–H groups in total. The molecule has 1 heterocycles. The second-order valence-corrected chi connectivity index (χ2v) is 4.16. The summed E-state index contributed by atoms with van der Waals surface area (Å²) >= 11 is 0. The van der Waals surface area contributed by atoms with Crippen LogP contribution in [0.1, 0.15) is 5.82 Å². The Bertz CT molecular complexity index is 692. The fraction of sp³-hybridized carbons (Fsp3) is 0.231. The molecule has 0 fully saturated rings. The third-order valence-corrected chi connectivity index (χ3v) is 2.59. The number of carbonyl (C=O) groups excluding carboxylic acids is 1. The summed E-state index contributed by atoms with van der Waals surface area (Å²) in [6, 6.07) is 2.43. The summed E-state index contributed by atoms with van der Waals surface area (Å²) < 4.78 is 35.6. The highest BCUT2D eigenvalue weighted by molar-refractivity contribution is 5.89. The average Bonchev–Trinajstić information content (AvgIpc) is 2.56. The van der Waals surface area contributed by atoms with Gasteiger partial charge >= 0.3 is 18.1 Å². The number of halogens is 2. The standard InChI is InChI=1S/C13H13F2N5O3/c1-22-12-18-10(19-13(20-12)23-2)6-16-11(21)17-7-3-4-8(14)9(15)5-7/h3-5H,6H2,1-2H3,(H2,16,17,21). The van der Waals surface area contributed by atoms with Crippen molar-refractivity contribution >= 4 is 11.7 Å². The molecule has 122 valence electrons. The molecule has 0 atom stereocenters. The fourth-order valence-corrected chi connectivity index (χ4v) is 1.55. The Labute approximate surface area is 129 Å². The number of anilines is 1. The van der Waals surface area contributed by atoms with Crippen LogP contribution in [0.15, 0.2) is 18.2 Å². The minimum Gasteiger partial charge on any atom is -0.467 e. The Kier molecular flexibility index (Phi) is 5.18. The predicted molar refractivity (Wildman–Crippen MR) is 75.1 cm³/mol. The number of ether oxygens (including phenoxy) is 2. The van der Waals surface area contributed by atoms with Crippen molar-refractivity contribution < 1.29 is 23.0 Å². The molecule has 0 aliphatic rings. The first-order chi connectivity index (χ1) is 11.0. The first-order valence-corrected chi connectivity index (χ1v) is 6.34. The molecule has 0 saturated carbocycles. The van der Waals surface area contributed by atoms with Gasteiger partial charge in [-0.05, 0) is 12.1 Å². The zero-order chi connectivity index (χ0) is 16.8. The second-order valence-electron chi connectivity index (χ2n) is 4.16. The maximum atomic E-state index is 13.0. The van der Waals surface area contributed by atoms with Crippen LogP contribution in [0.4, 0.5) is 19.3 Å². The zero-order valence-electron chi connectivity index (χ0n) is 12.3. The molecule has 0 spiro atoms. The molecule has 1 aromatic heterocycles. The van der Waals surface area contributed by atoms with Crippen molar-refractivity contribution in [1.29, 1.82) is 0 Å². The van der Waals surface area contributed by atoms with Gasteiger partial charge in [0.2, 0.25) is 0 Å². The van der Waals surface area contributed by atoms with Gasteiger partial charge in [-0.3, -0.25) is 0 Å². The van der Waals surface area contributed by atoms with E-state index in [2.05, 4.69) is 25.6 Å². The number of nitrogens with one attached hydrogen (secondary N) is 2. The molecular weight excluding hydrogens is 312 g/mol. The van der Waals surface area contributed by atoms with Crippen molar-refractivity contribution in [2.75, 3.05) is 19.5 Å². The van der Waals surface area contributed by atoms with Gasteiger partial charge < -0.3 is 20.1 Å². The highest BCUT2D eigenvalue weighted by Gasteiger charge is 2.10. The molecule has 0 unspecified atom stereocenters. The van der Waals surface area contributed by atoms with Crippen molar-refractivity contribution in [3.8, 4) is 12.0 Å². The number of amides is 2. The lowest BCUT2D eigenvalue weighted by atomic mass is 10.3. The molecular formula is C13H13F2N5O3. The van der Waals surface area contributed by atoms with Crippen LogP contribution in [0.25, 0.3) is 0 Å². The Morgan fingerprint density at radius 1 is 1.09 bits per heavy atom. The third-order valence-electron chi connectivity index (χ3n) is 2.59. The van der Waals surface area contributed by atoms with E-state index in [4.69, 9.17) is 9.47 Å². The van der Waals surface area contributed by atoms with Crippen LogP contribution < -0.4 is 20.1 Å². The van der Waals surface area contributed by atoms with Gasteiger partial charge in [0.05, 0.1) is 20.8 Å². The lowest BCUT2D eigenvalue weighted by molar-refractivity contribution is 0.251. The lowest BCUT2D eigenvalue weighted by Crippen LogP contribution is -2.29. The van der Waals surface area contributed by atoms with E-state index >= 15 is 0 Å². The number of hydrogen-bond donors (Lipinski definition) is 2. The van der Waals surface area contributed by atoms with E-state index in [1.807, 2.05) is 0 Å². The van der Waals surface area contributed by atoms with Gasteiger partial charge in [-0.2, -0.15) is 9.97 Å². The lowest BCUT2D eigenvalue weighted by Gasteiger charge is -2.08. The maximum absolute atomic E-state index is 13.0. The van der Waals surface area contributed by atoms with Crippen molar-refractivity contribution in [1.82, 2.24) is 20.3 Å². The molecule has 0 saturated heterocycles. The Hall–Kier alpha value is -3.04. The Balaban J connectivity index is 1.97. The second kappa shape index (κ2) is 7.29. The number of aromatic nitrogens is 3. The molecule has 0 bridgehead atoms. The molecule has 0 aliphatic heterocycles. The topological polar surface area (TPSA) is 98.3 Å². The van der Waals surface area contributed by atoms with Gasteiger partial charge in [-0.15, -0.1) is 4.98 Å². The molecule has 0 aliphatic carbocycles. The monoisotopic (exact) mass is 325 g/mol. The van der Waals surface area contributed by atoms with Crippen LogP contribution in [-0.4, -0.2) is 35.2 Å². The van der Waals surface area contributed by atoms with Gasteiger partial charge in [0.25, 0.3) is 0 Å². The summed E-state index contributed by atoms with van der Waals surface area (Å²) in [4.78, 5) is 23.4. The molecule has 10 heteroatoms. The molecule has 23 heavy (non-hydrogen) atoms. The number of carbonyl (C=O) groups is 1. The Morgan fingerprint density at radius 2 is 1.74 bits per heavy atom. The van der Waals surface area contributed by atoms with E-state index in [1.165, 1.54) is 20.3 Å². The fourth-order valence-electron chi connectivity index (χ4n) is 1.55. The van der Waals surface area contributed by atoms with Gasteiger partial charge in [-0.1, -0.05) is 0 Å². The highest BCUT2D eigenvalue weighted by Crippen LogP contribution is 2.13. The summed E-state index contributed by atoms with van der Waals surface area (Å²) in [6.07, 6.45) is 0. The molecule has 1 aromatic carbocycles.